The Balaban J connectivity index is 1.48. The predicted molar refractivity (Wildman–Crippen MR) is 239 cm³/mol. The van der Waals surface area contributed by atoms with Gasteiger partial charge in [-0.05, 0) is 104 Å². The average Bonchev–Trinajstić information content (AvgIpc) is 3.29. The Hall–Kier alpha value is -6.21. The molecule has 0 radical (unpaired) electrons. The van der Waals surface area contributed by atoms with Crippen LogP contribution in [-0.4, -0.2) is 71.0 Å². The number of carbonyl (C=O) groups is 5. The van der Waals surface area contributed by atoms with Crippen molar-refractivity contribution in [3.05, 3.63) is 113 Å². The van der Waals surface area contributed by atoms with E-state index in [-0.39, 0.29) is 18.3 Å². The van der Waals surface area contributed by atoms with Gasteiger partial charge in [0.15, 0.2) is 5.75 Å². The maximum atomic E-state index is 13.5. The SMILES string of the molecule is C=C(C)C(=O)OCCCCCCCCCCCOC(=O)c1cc(OC(=O)c2ccc(/C=C/C(=O)OC)cc2)ccc1CCCCCCOOc1ccc(/C=C/C(=O)OC)cc1OC. The second kappa shape index (κ2) is 29.9. The molecule has 63 heavy (non-hydrogen) atoms. The van der Waals surface area contributed by atoms with Crippen molar-refractivity contribution < 1.29 is 62.2 Å². The average molecular weight is 871 g/mol. The van der Waals surface area contributed by atoms with Gasteiger partial charge in [0, 0.05) is 17.7 Å². The number of aryl methyl sites for hydroxylation is 1. The number of carbonyl (C=O) groups excluding carboxylic acids is 5. The number of hydrogen-bond acceptors (Lipinski definition) is 13. The third kappa shape index (κ3) is 20.5. The number of esters is 5. The lowest BCUT2D eigenvalue weighted by molar-refractivity contribution is -0.208. The van der Waals surface area contributed by atoms with Gasteiger partial charge < -0.3 is 33.3 Å². The molecule has 3 aromatic rings. The molecule has 13 heteroatoms. The molecule has 0 saturated heterocycles. The first-order valence-corrected chi connectivity index (χ1v) is 21.5. The third-order valence-electron chi connectivity index (χ3n) is 9.75. The van der Waals surface area contributed by atoms with Gasteiger partial charge in [-0.1, -0.05) is 88.6 Å². The quantitative estimate of drug-likeness (QED) is 0.0119. The maximum Gasteiger partial charge on any atom is 0.343 e. The Bertz CT molecular complexity index is 1980. The molecule has 0 aliphatic rings. The second-order valence-corrected chi connectivity index (χ2v) is 14.8. The van der Waals surface area contributed by atoms with Crippen LogP contribution in [0.1, 0.15) is 128 Å². The minimum atomic E-state index is -0.593. The molecule has 0 amide bonds. The van der Waals surface area contributed by atoms with Gasteiger partial charge in [0.05, 0.1) is 52.3 Å². The minimum absolute atomic E-state index is 0.222. The predicted octanol–water partition coefficient (Wildman–Crippen LogP) is 10.2. The van der Waals surface area contributed by atoms with Gasteiger partial charge in [0.1, 0.15) is 5.75 Å². The van der Waals surface area contributed by atoms with E-state index in [4.69, 9.17) is 28.7 Å². The highest BCUT2D eigenvalue weighted by atomic mass is 17.2. The molecule has 0 spiro atoms. The van der Waals surface area contributed by atoms with Crippen molar-refractivity contribution in [2.24, 2.45) is 0 Å². The molecule has 0 aliphatic carbocycles. The van der Waals surface area contributed by atoms with E-state index in [1.165, 1.54) is 33.5 Å². The van der Waals surface area contributed by atoms with E-state index < -0.39 is 23.9 Å². The van der Waals surface area contributed by atoms with Gasteiger partial charge in [-0.2, -0.15) is 4.89 Å². The fourth-order valence-corrected chi connectivity index (χ4v) is 6.15. The Morgan fingerprint density at radius 1 is 0.571 bits per heavy atom. The van der Waals surface area contributed by atoms with Crippen LogP contribution in [0.3, 0.4) is 0 Å². The summed E-state index contributed by atoms with van der Waals surface area (Å²) in [4.78, 5) is 71.7. The van der Waals surface area contributed by atoms with Crippen molar-refractivity contribution in [2.75, 3.05) is 41.2 Å². The van der Waals surface area contributed by atoms with E-state index in [9.17, 15) is 24.0 Å². The van der Waals surface area contributed by atoms with Gasteiger partial charge in [-0.3, -0.25) is 0 Å². The zero-order valence-corrected chi connectivity index (χ0v) is 37.1. The lowest BCUT2D eigenvalue weighted by Crippen LogP contribution is -2.12. The van der Waals surface area contributed by atoms with E-state index >= 15 is 0 Å². The van der Waals surface area contributed by atoms with Crippen molar-refractivity contribution in [3.8, 4) is 17.2 Å². The largest absolute Gasteiger partial charge is 0.493 e. The Morgan fingerprint density at radius 3 is 1.73 bits per heavy atom. The molecule has 0 atom stereocenters. The number of ether oxygens (including phenoxy) is 6. The third-order valence-corrected chi connectivity index (χ3v) is 9.75. The number of hydrogen-bond donors (Lipinski definition) is 0. The van der Waals surface area contributed by atoms with Crippen molar-refractivity contribution in [1.29, 1.82) is 0 Å². The van der Waals surface area contributed by atoms with Crippen molar-refractivity contribution >= 4 is 42.0 Å². The van der Waals surface area contributed by atoms with Crippen molar-refractivity contribution in [3.63, 3.8) is 0 Å². The van der Waals surface area contributed by atoms with E-state index in [1.54, 1.807) is 79.7 Å². The molecule has 0 aliphatic heterocycles. The van der Waals surface area contributed by atoms with Crippen LogP contribution in [0, 0.1) is 0 Å². The first-order chi connectivity index (χ1) is 30.5. The van der Waals surface area contributed by atoms with E-state index in [2.05, 4.69) is 16.1 Å². The smallest absolute Gasteiger partial charge is 0.343 e. The van der Waals surface area contributed by atoms with Gasteiger partial charge in [0.25, 0.3) is 0 Å². The summed E-state index contributed by atoms with van der Waals surface area (Å²) in [5.74, 6) is -1.26. The summed E-state index contributed by atoms with van der Waals surface area (Å²) in [7, 11) is 4.12. The molecular weight excluding hydrogens is 809 g/mol. The molecule has 13 nitrogen and oxygen atoms in total. The van der Waals surface area contributed by atoms with Crippen LogP contribution in [0.25, 0.3) is 12.2 Å². The van der Waals surface area contributed by atoms with Gasteiger partial charge in [-0.15, -0.1) is 0 Å². The van der Waals surface area contributed by atoms with Gasteiger partial charge in [-0.25, -0.2) is 24.0 Å². The summed E-state index contributed by atoms with van der Waals surface area (Å²) in [6, 6.07) is 16.8. The highest BCUT2D eigenvalue weighted by Crippen LogP contribution is 2.29. The normalized spacial score (nSPS) is 11.0. The lowest BCUT2D eigenvalue weighted by atomic mass is 10.0. The van der Waals surface area contributed by atoms with E-state index in [0.717, 1.165) is 94.6 Å². The first kappa shape index (κ1) is 51.1. The highest BCUT2D eigenvalue weighted by molar-refractivity contribution is 5.94. The standard InChI is InChI=1S/C50H62O13/c1-37(2)48(53)59-32-16-12-9-7-6-8-10-13-17-33-60-50(55)43-36-42(62-49(54)41-25-20-38(21-26-41)23-30-46(51)57-4)28-27-40(43)19-15-11-14-18-34-61-63-44-29-22-39(35-45(44)56-3)24-31-47(52)58-5/h20-31,35-36H,1,6-19,32-34H2,2-5H3/b30-23+,31-24+. The van der Waals surface area contributed by atoms with E-state index in [1.807, 2.05) is 0 Å². The monoisotopic (exact) mass is 870 g/mol. The first-order valence-electron chi connectivity index (χ1n) is 21.5. The second-order valence-electron chi connectivity index (χ2n) is 14.8. The fraction of sp³-hybridized carbons (Fsp3) is 0.420. The van der Waals surface area contributed by atoms with Crippen LogP contribution in [0.15, 0.2) is 85.0 Å². The fourth-order valence-electron chi connectivity index (χ4n) is 6.15. The van der Waals surface area contributed by atoms with Crippen LogP contribution in [-0.2, 0) is 44.6 Å². The molecule has 0 N–H and O–H groups in total. The highest BCUT2D eigenvalue weighted by Gasteiger charge is 2.17. The number of rotatable bonds is 30. The Labute approximate surface area is 371 Å². The van der Waals surface area contributed by atoms with Crippen LogP contribution >= 0.6 is 0 Å². The van der Waals surface area contributed by atoms with Gasteiger partial charge in [0.2, 0.25) is 5.75 Å². The summed E-state index contributed by atoms with van der Waals surface area (Å²) in [5, 5.41) is 0. The van der Waals surface area contributed by atoms with Gasteiger partial charge >= 0.3 is 29.8 Å². The van der Waals surface area contributed by atoms with Crippen LogP contribution in [0.2, 0.25) is 0 Å². The maximum absolute atomic E-state index is 13.5. The molecule has 3 aromatic carbocycles. The Kier molecular flexibility index (Phi) is 24.3. The van der Waals surface area contributed by atoms with E-state index in [0.29, 0.717) is 53.4 Å². The van der Waals surface area contributed by atoms with Crippen LogP contribution < -0.4 is 14.4 Å². The topological polar surface area (TPSA) is 159 Å². The van der Waals surface area contributed by atoms with Crippen LogP contribution in [0.4, 0.5) is 0 Å². The summed E-state index contributed by atoms with van der Waals surface area (Å²) < 4.78 is 31.2. The molecule has 0 fully saturated rings. The number of benzene rings is 3. The minimum Gasteiger partial charge on any atom is -0.493 e. The molecule has 340 valence electrons. The molecule has 0 aromatic heterocycles. The summed E-state index contributed by atoms with van der Waals surface area (Å²) in [5.41, 5.74) is 3.31. The number of methoxy groups -OCH3 is 3. The number of unbranched alkanes of at least 4 members (excludes halogenated alkanes) is 11. The summed E-state index contributed by atoms with van der Waals surface area (Å²) in [6.07, 6.45) is 18.7. The zero-order valence-electron chi connectivity index (χ0n) is 37.1. The molecule has 0 unspecified atom stereocenters. The summed E-state index contributed by atoms with van der Waals surface area (Å²) >= 11 is 0. The molecule has 0 heterocycles. The lowest BCUT2D eigenvalue weighted by Gasteiger charge is -2.13. The molecular formula is C50H62O13. The molecule has 3 rings (SSSR count). The summed E-state index contributed by atoms with van der Waals surface area (Å²) in [6.45, 7) is 6.30. The van der Waals surface area contributed by atoms with Crippen molar-refractivity contribution in [2.45, 2.75) is 96.8 Å². The van der Waals surface area contributed by atoms with Crippen LogP contribution in [0.5, 0.6) is 17.2 Å². The zero-order chi connectivity index (χ0) is 45.7. The Morgan fingerprint density at radius 2 is 1.13 bits per heavy atom. The molecule has 0 saturated carbocycles. The van der Waals surface area contributed by atoms with Crippen molar-refractivity contribution in [1.82, 2.24) is 0 Å². The molecule has 0 bridgehead atoms.